The highest BCUT2D eigenvalue weighted by atomic mass is 35.5. The first-order chi connectivity index (χ1) is 7.74. The normalized spacial score (nSPS) is 13.0. The second-order valence-electron chi connectivity index (χ2n) is 4.52. The predicted octanol–water partition coefficient (Wildman–Crippen LogP) is 3.47. The Morgan fingerprint density at radius 3 is 2.44 bits per heavy atom. The van der Waals surface area contributed by atoms with Crippen molar-refractivity contribution >= 4 is 11.6 Å². The Bertz CT molecular complexity index is 271. The standard InChI is InChI=1S/C14H22ClN/c1-12(2)14(8-10-15)16-11-9-13-6-4-3-5-7-13/h3-7,12,14,16H,8-11H2,1-2H3. The molecule has 0 aliphatic rings. The Morgan fingerprint density at radius 2 is 1.88 bits per heavy atom. The summed E-state index contributed by atoms with van der Waals surface area (Å²) in [6, 6.07) is 11.1. The monoisotopic (exact) mass is 239 g/mol. The third-order valence-corrected chi connectivity index (χ3v) is 3.11. The number of nitrogens with one attached hydrogen (secondary N) is 1. The van der Waals surface area contributed by atoms with E-state index >= 15 is 0 Å². The summed E-state index contributed by atoms with van der Waals surface area (Å²) in [5.74, 6) is 1.38. The predicted molar refractivity (Wildman–Crippen MR) is 72.1 cm³/mol. The van der Waals surface area contributed by atoms with Gasteiger partial charge in [-0.2, -0.15) is 0 Å². The molecular weight excluding hydrogens is 218 g/mol. The van der Waals surface area contributed by atoms with E-state index in [1.807, 2.05) is 0 Å². The van der Waals surface area contributed by atoms with Crippen LogP contribution in [0.2, 0.25) is 0 Å². The van der Waals surface area contributed by atoms with Crippen LogP contribution >= 0.6 is 11.6 Å². The topological polar surface area (TPSA) is 12.0 Å². The van der Waals surface area contributed by atoms with E-state index in [0.717, 1.165) is 25.3 Å². The highest BCUT2D eigenvalue weighted by Gasteiger charge is 2.11. The fourth-order valence-corrected chi connectivity index (χ4v) is 2.07. The molecule has 0 fully saturated rings. The van der Waals surface area contributed by atoms with Crippen molar-refractivity contribution in [3.63, 3.8) is 0 Å². The average molecular weight is 240 g/mol. The molecule has 1 atom stereocenters. The van der Waals surface area contributed by atoms with Crippen LogP contribution in [0.4, 0.5) is 0 Å². The SMILES string of the molecule is CC(C)C(CCCl)NCCc1ccccc1. The molecule has 1 rings (SSSR count). The number of alkyl halides is 1. The molecule has 2 heteroatoms. The molecule has 1 aromatic rings. The second-order valence-corrected chi connectivity index (χ2v) is 4.90. The van der Waals surface area contributed by atoms with Crippen molar-refractivity contribution in [1.29, 1.82) is 0 Å². The van der Waals surface area contributed by atoms with E-state index in [4.69, 9.17) is 11.6 Å². The molecule has 1 unspecified atom stereocenters. The molecule has 0 aromatic heterocycles. The van der Waals surface area contributed by atoms with E-state index in [-0.39, 0.29) is 0 Å². The van der Waals surface area contributed by atoms with Crippen molar-refractivity contribution in [3.05, 3.63) is 35.9 Å². The lowest BCUT2D eigenvalue weighted by atomic mass is 10.0. The van der Waals surface area contributed by atoms with Gasteiger partial charge in [-0.25, -0.2) is 0 Å². The minimum atomic E-state index is 0.543. The largest absolute Gasteiger partial charge is 0.313 e. The van der Waals surface area contributed by atoms with Crippen LogP contribution in [0.3, 0.4) is 0 Å². The number of rotatable bonds is 7. The van der Waals surface area contributed by atoms with Crippen LogP contribution in [0, 0.1) is 5.92 Å². The van der Waals surface area contributed by atoms with Crippen LogP contribution in [0.5, 0.6) is 0 Å². The molecule has 16 heavy (non-hydrogen) atoms. The Hall–Kier alpha value is -0.530. The molecule has 0 bridgehead atoms. The van der Waals surface area contributed by atoms with Gasteiger partial charge < -0.3 is 5.32 Å². The summed E-state index contributed by atoms with van der Waals surface area (Å²) >= 11 is 5.80. The molecule has 0 radical (unpaired) electrons. The second kappa shape index (κ2) is 7.70. The zero-order chi connectivity index (χ0) is 11.8. The minimum absolute atomic E-state index is 0.543. The van der Waals surface area contributed by atoms with E-state index in [1.54, 1.807) is 0 Å². The molecule has 1 N–H and O–H groups in total. The summed E-state index contributed by atoms with van der Waals surface area (Å²) in [4.78, 5) is 0. The fraction of sp³-hybridized carbons (Fsp3) is 0.571. The van der Waals surface area contributed by atoms with Crippen molar-refractivity contribution in [2.24, 2.45) is 5.92 Å². The molecule has 0 aliphatic heterocycles. The Morgan fingerprint density at radius 1 is 1.19 bits per heavy atom. The average Bonchev–Trinajstić information content (AvgIpc) is 2.29. The van der Waals surface area contributed by atoms with Gasteiger partial charge in [0.25, 0.3) is 0 Å². The van der Waals surface area contributed by atoms with E-state index < -0.39 is 0 Å². The third kappa shape index (κ3) is 5.00. The van der Waals surface area contributed by atoms with Crippen LogP contribution in [-0.4, -0.2) is 18.5 Å². The van der Waals surface area contributed by atoms with Gasteiger partial charge in [-0.05, 0) is 30.9 Å². The van der Waals surface area contributed by atoms with Gasteiger partial charge in [0.15, 0.2) is 0 Å². The summed E-state index contributed by atoms with van der Waals surface area (Å²) in [6.45, 7) is 5.52. The maximum Gasteiger partial charge on any atom is 0.0238 e. The Labute approximate surface area is 104 Å². The van der Waals surface area contributed by atoms with Crippen LogP contribution in [-0.2, 0) is 6.42 Å². The molecule has 0 aliphatic carbocycles. The van der Waals surface area contributed by atoms with Gasteiger partial charge >= 0.3 is 0 Å². The molecule has 0 heterocycles. The van der Waals surface area contributed by atoms with Gasteiger partial charge in [-0.3, -0.25) is 0 Å². The maximum atomic E-state index is 5.80. The van der Waals surface area contributed by atoms with Gasteiger partial charge in [0, 0.05) is 11.9 Å². The first-order valence-electron chi connectivity index (χ1n) is 6.07. The van der Waals surface area contributed by atoms with E-state index in [2.05, 4.69) is 49.5 Å². The Balaban J connectivity index is 2.28. The van der Waals surface area contributed by atoms with Crippen molar-refractivity contribution < 1.29 is 0 Å². The lowest BCUT2D eigenvalue weighted by molar-refractivity contribution is 0.393. The molecular formula is C14H22ClN. The summed E-state index contributed by atoms with van der Waals surface area (Å²) in [5, 5.41) is 3.58. The van der Waals surface area contributed by atoms with Crippen molar-refractivity contribution in [3.8, 4) is 0 Å². The first-order valence-corrected chi connectivity index (χ1v) is 6.60. The van der Waals surface area contributed by atoms with Crippen LogP contribution in [0.1, 0.15) is 25.8 Å². The third-order valence-electron chi connectivity index (χ3n) is 2.89. The van der Waals surface area contributed by atoms with Gasteiger partial charge in [0.05, 0.1) is 0 Å². The van der Waals surface area contributed by atoms with Crippen molar-refractivity contribution in [2.75, 3.05) is 12.4 Å². The Kier molecular flexibility index (Phi) is 6.51. The highest BCUT2D eigenvalue weighted by Crippen LogP contribution is 2.07. The van der Waals surface area contributed by atoms with E-state index in [0.29, 0.717) is 12.0 Å². The zero-order valence-electron chi connectivity index (χ0n) is 10.2. The van der Waals surface area contributed by atoms with E-state index in [1.165, 1.54) is 5.56 Å². The smallest absolute Gasteiger partial charge is 0.0238 e. The molecule has 1 aromatic carbocycles. The summed E-state index contributed by atoms with van der Waals surface area (Å²) in [5.41, 5.74) is 1.39. The fourth-order valence-electron chi connectivity index (χ4n) is 1.84. The number of hydrogen-bond acceptors (Lipinski definition) is 1. The maximum absolute atomic E-state index is 5.80. The summed E-state index contributed by atoms with van der Waals surface area (Å²) in [6.07, 6.45) is 2.14. The molecule has 0 saturated carbocycles. The zero-order valence-corrected chi connectivity index (χ0v) is 11.0. The van der Waals surface area contributed by atoms with E-state index in [9.17, 15) is 0 Å². The van der Waals surface area contributed by atoms with Crippen LogP contribution < -0.4 is 5.32 Å². The molecule has 0 saturated heterocycles. The first kappa shape index (κ1) is 13.5. The highest BCUT2D eigenvalue weighted by molar-refractivity contribution is 6.17. The van der Waals surface area contributed by atoms with Crippen molar-refractivity contribution in [1.82, 2.24) is 5.32 Å². The lowest BCUT2D eigenvalue weighted by Gasteiger charge is -2.21. The summed E-state index contributed by atoms with van der Waals surface area (Å²) < 4.78 is 0. The summed E-state index contributed by atoms with van der Waals surface area (Å²) in [7, 11) is 0. The molecule has 90 valence electrons. The quantitative estimate of drug-likeness (QED) is 0.719. The number of hydrogen-bond donors (Lipinski definition) is 1. The number of benzene rings is 1. The van der Waals surface area contributed by atoms with Gasteiger partial charge in [-0.1, -0.05) is 44.2 Å². The molecule has 0 spiro atoms. The van der Waals surface area contributed by atoms with Crippen molar-refractivity contribution in [2.45, 2.75) is 32.7 Å². The minimum Gasteiger partial charge on any atom is -0.313 e. The molecule has 0 amide bonds. The van der Waals surface area contributed by atoms with Gasteiger partial charge in [0.2, 0.25) is 0 Å². The van der Waals surface area contributed by atoms with Gasteiger partial charge in [0.1, 0.15) is 0 Å². The number of halogens is 1. The van der Waals surface area contributed by atoms with Crippen LogP contribution in [0.25, 0.3) is 0 Å². The van der Waals surface area contributed by atoms with Crippen LogP contribution in [0.15, 0.2) is 30.3 Å². The van der Waals surface area contributed by atoms with Gasteiger partial charge in [-0.15, -0.1) is 11.6 Å². The molecule has 1 nitrogen and oxygen atoms in total. The lowest BCUT2D eigenvalue weighted by Crippen LogP contribution is -2.35.